The maximum absolute atomic E-state index is 4.18. The van der Waals surface area contributed by atoms with E-state index in [0.717, 1.165) is 16.9 Å². The van der Waals surface area contributed by atoms with Gasteiger partial charge in [0.05, 0.1) is 0 Å². The highest BCUT2D eigenvalue weighted by Crippen LogP contribution is 2.35. The molecule has 0 spiro atoms. The van der Waals surface area contributed by atoms with Gasteiger partial charge in [0.15, 0.2) is 0 Å². The summed E-state index contributed by atoms with van der Waals surface area (Å²) in [7, 11) is 0. The predicted molar refractivity (Wildman–Crippen MR) is 79.7 cm³/mol. The van der Waals surface area contributed by atoms with E-state index < -0.39 is 0 Å². The van der Waals surface area contributed by atoms with E-state index in [0.29, 0.717) is 0 Å². The van der Waals surface area contributed by atoms with Crippen molar-refractivity contribution in [3.63, 3.8) is 0 Å². The van der Waals surface area contributed by atoms with Crippen LogP contribution in [0.2, 0.25) is 0 Å². The SMILES string of the molecule is C1=C(c2cccnc2)Nc2cccc3cccc1c23. The fourth-order valence-electron chi connectivity index (χ4n) is 2.61. The molecule has 3 aromatic rings. The summed E-state index contributed by atoms with van der Waals surface area (Å²) in [4.78, 5) is 4.18. The topological polar surface area (TPSA) is 24.9 Å². The summed E-state index contributed by atoms with van der Waals surface area (Å²) in [6, 6.07) is 16.8. The van der Waals surface area contributed by atoms with Crippen molar-refractivity contribution in [1.82, 2.24) is 4.98 Å². The van der Waals surface area contributed by atoms with Crippen LogP contribution >= 0.6 is 0 Å². The Morgan fingerprint density at radius 3 is 2.63 bits per heavy atom. The number of pyridine rings is 1. The Kier molecular flexibility index (Phi) is 2.15. The molecule has 0 atom stereocenters. The molecule has 0 aliphatic carbocycles. The zero-order chi connectivity index (χ0) is 12.7. The zero-order valence-corrected chi connectivity index (χ0v) is 10.3. The van der Waals surface area contributed by atoms with E-state index in [-0.39, 0.29) is 0 Å². The second-order valence-corrected chi connectivity index (χ2v) is 4.68. The van der Waals surface area contributed by atoms with Crippen LogP contribution in [0, 0.1) is 0 Å². The van der Waals surface area contributed by atoms with Crippen LogP contribution in [0.4, 0.5) is 5.69 Å². The molecular formula is C17H12N2. The van der Waals surface area contributed by atoms with E-state index in [2.05, 4.69) is 58.8 Å². The number of nitrogens with one attached hydrogen (secondary N) is 1. The molecule has 0 saturated carbocycles. The van der Waals surface area contributed by atoms with Crippen molar-refractivity contribution in [3.05, 3.63) is 72.1 Å². The molecular weight excluding hydrogens is 232 g/mol. The fraction of sp³-hybridized carbons (Fsp3) is 0. The van der Waals surface area contributed by atoms with Crippen LogP contribution in [0.5, 0.6) is 0 Å². The summed E-state index contributed by atoms with van der Waals surface area (Å²) in [5, 5.41) is 6.06. The van der Waals surface area contributed by atoms with E-state index in [1.807, 2.05) is 12.3 Å². The third-order valence-corrected chi connectivity index (χ3v) is 3.48. The Hall–Kier alpha value is -2.61. The molecule has 2 heterocycles. The number of anilines is 1. The lowest BCUT2D eigenvalue weighted by atomic mass is 9.97. The average Bonchev–Trinajstić information content (AvgIpc) is 2.49. The highest BCUT2D eigenvalue weighted by Gasteiger charge is 2.13. The molecule has 2 nitrogen and oxygen atoms in total. The Morgan fingerprint density at radius 2 is 1.79 bits per heavy atom. The minimum atomic E-state index is 1.10. The quantitative estimate of drug-likeness (QED) is 0.695. The first-order chi connectivity index (χ1) is 9.42. The number of aromatic nitrogens is 1. The molecule has 90 valence electrons. The summed E-state index contributed by atoms with van der Waals surface area (Å²) < 4.78 is 0. The van der Waals surface area contributed by atoms with E-state index >= 15 is 0 Å². The first kappa shape index (κ1) is 10.3. The Bertz CT molecular complexity index is 783. The molecule has 2 aromatic carbocycles. The van der Waals surface area contributed by atoms with Gasteiger partial charge in [0.1, 0.15) is 0 Å². The maximum atomic E-state index is 4.18. The molecule has 0 radical (unpaired) electrons. The van der Waals surface area contributed by atoms with Gasteiger partial charge in [0, 0.05) is 34.7 Å². The third-order valence-electron chi connectivity index (χ3n) is 3.48. The Balaban J connectivity index is 1.96. The lowest BCUT2D eigenvalue weighted by molar-refractivity contribution is 1.31. The van der Waals surface area contributed by atoms with Gasteiger partial charge in [-0.2, -0.15) is 0 Å². The number of nitrogens with zero attached hydrogens (tertiary/aromatic N) is 1. The van der Waals surface area contributed by atoms with Crippen molar-refractivity contribution in [2.75, 3.05) is 5.32 Å². The lowest BCUT2D eigenvalue weighted by Gasteiger charge is -2.20. The van der Waals surface area contributed by atoms with Gasteiger partial charge in [0.2, 0.25) is 0 Å². The second kappa shape index (κ2) is 3.95. The van der Waals surface area contributed by atoms with Gasteiger partial charge >= 0.3 is 0 Å². The highest BCUT2D eigenvalue weighted by molar-refractivity contribution is 6.09. The van der Waals surface area contributed by atoms with Crippen molar-refractivity contribution in [2.24, 2.45) is 0 Å². The molecule has 0 bridgehead atoms. The maximum Gasteiger partial charge on any atom is 0.0479 e. The number of rotatable bonds is 1. The molecule has 1 N–H and O–H groups in total. The van der Waals surface area contributed by atoms with Gasteiger partial charge in [-0.3, -0.25) is 4.98 Å². The van der Waals surface area contributed by atoms with Crippen molar-refractivity contribution >= 4 is 28.2 Å². The monoisotopic (exact) mass is 244 g/mol. The lowest BCUT2D eigenvalue weighted by Crippen LogP contribution is -2.04. The van der Waals surface area contributed by atoms with Crippen molar-refractivity contribution in [2.45, 2.75) is 0 Å². The van der Waals surface area contributed by atoms with Crippen molar-refractivity contribution < 1.29 is 0 Å². The molecule has 19 heavy (non-hydrogen) atoms. The van der Waals surface area contributed by atoms with E-state index in [1.54, 1.807) is 6.20 Å². The molecule has 0 fully saturated rings. The largest absolute Gasteiger partial charge is 0.354 e. The van der Waals surface area contributed by atoms with Crippen LogP contribution in [-0.4, -0.2) is 4.98 Å². The van der Waals surface area contributed by atoms with Crippen LogP contribution in [-0.2, 0) is 0 Å². The molecule has 0 saturated heterocycles. The Morgan fingerprint density at radius 1 is 0.895 bits per heavy atom. The molecule has 2 heteroatoms. The van der Waals surface area contributed by atoms with Gasteiger partial charge in [0.25, 0.3) is 0 Å². The van der Waals surface area contributed by atoms with Crippen LogP contribution < -0.4 is 5.32 Å². The van der Waals surface area contributed by atoms with Crippen LogP contribution in [0.1, 0.15) is 11.1 Å². The number of benzene rings is 2. The summed E-state index contributed by atoms with van der Waals surface area (Å²) in [5.41, 5.74) is 4.62. The van der Waals surface area contributed by atoms with Crippen LogP contribution in [0.15, 0.2) is 60.9 Å². The number of hydrogen-bond donors (Lipinski definition) is 1. The minimum Gasteiger partial charge on any atom is -0.354 e. The van der Waals surface area contributed by atoms with Crippen LogP contribution in [0.25, 0.3) is 22.5 Å². The van der Waals surface area contributed by atoms with E-state index in [9.17, 15) is 0 Å². The number of hydrogen-bond acceptors (Lipinski definition) is 2. The highest BCUT2D eigenvalue weighted by atomic mass is 14.9. The molecule has 4 rings (SSSR count). The predicted octanol–water partition coefficient (Wildman–Crippen LogP) is 4.16. The zero-order valence-electron chi connectivity index (χ0n) is 10.3. The van der Waals surface area contributed by atoms with Gasteiger partial charge < -0.3 is 5.32 Å². The summed E-state index contributed by atoms with van der Waals surface area (Å²) in [5.74, 6) is 0. The molecule has 1 aliphatic rings. The van der Waals surface area contributed by atoms with Crippen molar-refractivity contribution in [3.8, 4) is 0 Å². The molecule has 0 unspecified atom stereocenters. The summed E-state index contributed by atoms with van der Waals surface area (Å²) >= 11 is 0. The van der Waals surface area contributed by atoms with Gasteiger partial charge in [-0.05, 0) is 35.2 Å². The summed E-state index contributed by atoms with van der Waals surface area (Å²) in [6.45, 7) is 0. The Labute approximate surface area is 111 Å². The molecule has 1 aromatic heterocycles. The van der Waals surface area contributed by atoms with Crippen LogP contribution in [0.3, 0.4) is 0 Å². The van der Waals surface area contributed by atoms with E-state index in [1.165, 1.54) is 16.3 Å². The normalized spacial score (nSPS) is 12.9. The standard InChI is InChI=1S/C17H12N2/c1-4-12-5-2-8-15-17(12)13(6-1)10-16(19-15)14-7-3-9-18-11-14/h1-11,19H. The van der Waals surface area contributed by atoms with Crippen molar-refractivity contribution in [1.29, 1.82) is 0 Å². The minimum absolute atomic E-state index is 1.10. The second-order valence-electron chi connectivity index (χ2n) is 4.68. The molecule has 0 amide bonds. The molecule has 1 aliphatic heterocycles. The summed E-state index contributed by atoms with van der Waals surface area (Å²) in [6.07, 6.45) is 5.86. The fourth-order valence-corrected chi connectivity index (χ4v) is 2.61. The first-order valence-electron chi connectivity index (χ1n) is 6.33. The van der Waals surface area contributed by atoms with E-state index in [4.69, 9.17) is 0 Å². The smallest absolute Gasteiger partial charge is 0.0479 e. The van der Waals surface area contributed by atoms with Gasteiger partial charge in [-0.15, -0.1) is 0 Å². The van der Waals surface area contributed by atoms with Gasteiger partial charge in [-0.25, -0.2) is 0 Å². The van der Waals surface area contributed by atoms with Gasteiger partial charge in [-0.1, -0.05) is 30.3 Å². The first-order valence-corrected chi connectivity index (χ1v) is 6.33. The third kappa shape index (κ3) is 1.61. The average molecular weight is 244 g/mol.